The first kappa shape index (κ1) is 16.8. The van der Waals surface area contributed by atoms with Gasteiger partial charge in [0.2, 0.25) is 5.58 Å². The summed E-state index contributed by atoms with van der Waals surface area (Å²) in [5, 5.41) is 9.62. The molecule has 26 heavy (non-hydrogen) atoms. The molecular weight excluding hydrogens is 332 g/mol. The van der Waals surface area contributed by atoms with Crippen LogP contribution in [0, 0.1) is 11.8 Å². The van der Waals surface area contributed by atoms with E-state index in [4.69, 9.17) is 9.52 Å². The van der Waals surface area contributed by atoms with E-state index in [2.05, 4.69) is 38.7 Å². The molecule has 0 saturated carbocycles. The fourth-order valence-electron chi connectivity index (χ4n) is 3.21. The lowest BCUT2D eigenvalue weighted by molar-refractivity contribution is 0.145. The summed E-state index contributed by atoms with van der Waals surface area (Å²) in [6.45, 7) is 4.32. The SMILES string of the molecule is CN1CCN(Cc2nc3c(oc4ccc(C#CCO)cc43)c(=O)[nH]2)CC1. The number of aliphatic hydroxyl groups excluding tert-OH is 1. The van der Waals surface area contributed by atoms with Crippen molar-refractivity contribution >= 4 is 22.1 Å². The minimum atomic E-state index is -0.265. The van der Waals surface area contributed by atoms with Crippen molar-refractivity contribution in [1.29, 1.82) is 0 Å². The zero-order valence-corrected chi connectivity index (χ0v) is 14.6. The van der Waals surface area contributed by atoms with E-state index in [0.29, 0.717) is 23.5 Å². The second-order valence-electron chi connectivity index (χ2n) is 6.54. The first-order valence-electron chi connectivity index (χ1n) is 8.60. The maximum atomic E-state index is 12.4. The van der Waals surface area contributed by atoms with Gasteiger partial charge in [0, 0.05) is 37.1 Å². The highest BCUT2D eigenvalue weighted by molar-refractivity contribution is 6.02. The van der Waals surface area contributed by atoms with Crippen molar-refractivity contribution in [2.45, 2.75) is 6.54 Å². The third-order valence-corrected chi connectivity index (χ3v) is 4.65. The average molecular weight is 352 g/mol. The van der Waals surface area contributed by atoms with Gasteiger partial charge in [-0.3, -0.25) is 9.69 Å². The number of fused-ring (bicyclic) bond motifs is 3. The number of nitrogens with zero attached hydrogens (tertiary/aromatic N) is 3. The maximum absolute atomic E-state index is 12.4. The number of benzene rings is 1. The van der Waals surface area contributed by atoms with E-state index in [-0.39, 0.29) is 17.7 Å². The van der Waals surface area contributed by atoms with E-state index in [1.54, 1.807) is 12.1 Å². The molecule has 7 heteroatoms. The molecule has 1 aliphatic heterocycles. The number of aromatic nitrogens is 2. The van der Waals surface area contributed by atoms with Crippen LogP contribution in [0.15, 0.2) is 27.4 Å². The standard InChI is InChI=1S/C19H20N4O3/c1-22-6-8-23(9-7-22)12-16-20-17-14-11-13(3-2-10-24)4-5-15(14)26-18(17)19(25)21-16/h4-5,11,24H,6-10,12H2,1H3,(H,20,21,25). The fraction of sp³-hybridized carbons (Fsp3) is 0.368. The van der Waals surface area contributed by atoms with E-state index in [1.165, 1.54) is 0 Å². The first-order chi connectivity index (χ1) is 12.6. The summed E-state index contributed by atoms with van der Waals surface area (Å²) in [6.07, 6.45) is 0. The first-order valence-corrected chi connectivity index (χ1v) is 8.60. The highest BCUT2D eigenvalue weighted by atomic mass is 16.3. The summed E-state index contributed by atoms with van der Waals surface area (Å²) in [5.74, 6) is 6.14. The van der Waals surface area contributed by atoms with Crippen LogP contribution in [0.2, 0.25) is 0 Å². The molecule has 2 aromatic heterocycles. The Balaban J connectivity index is 1.74. The molecule has 134 valence electrons. The van der Waals surface area contributed by atoms with Gasteiger partial charge in [0.15, 0.2) is 0 Å². The highest BCUT2D eigenvalue weighted by Gasteiger charge is 2.17. The van der Waals surface area contributed by atoms with Crippen LogP contribution in [0.4, 0.5) is 0 Å². The van der Waals surface area contributed by atoms with Crippen LogP contribution >= 0.6 is 0 Å². The summed E-state index contributed by atoms with van der Waals surface area (Å²) in [6, 6.07) is 5.42. The zero-order valence-electron chi connectivity index (χ0n) is 14.6. The van der Waals surface area contributed by atoms with E-state index < -0.39 is 0 Å². The minimum Gasteiger partial charge on any atom is -0.449 e. The highest BCUT2D eigenvalue weighted by Crippen LogP contribution is 2.26. The van der Waals surface area contributed by atoms with Crippen LogP contribution < -0.4 is 5.56 Å². The van der Waals surface area contributed by atoms with Gasteiger partial charge in [0.1, 0.15) is 23.5 Å². The van der Waals surface area contributed by atoms with Crippen LogP contribution in [-0.2, 0) is 6.54 Å². The Morgan fingerprint density at radius 2 is 2.12 bits per heavy atom. The van der Waals surface area contributed by atoms with Crippen LogP contribution in [0.25, 0.3) is 22.1 Å². The van der Waals surface area contributed by atoms with Crippen LogP contribution in [0.1, 0.15) is 11.4 Å². The largest absolute Gasteiger partial charge is 0.449 e. The van der Waals surface area contributed by atoms with Crippen molar-refractivity contribution in [2.75, 3.05) is 39.8 Å². The van der Waals surface area contributed by atoms with Crippen molar-refractivity contribution < 1.29 is 9.52 Å². The molecule has 0 radical (unpaired) electrons. The van der Waals surface area contributed by atoms with E-state index in [9.17, 15) is 4.79 Å². The van der Waals surface area contributed by atoms with E-state index >= 15 is 0 Å². The Morgan fingerprint density at radius 3 is 2.88 bits per heavy atom. The molecule has 0 spiro atoms. The molecule has 0 atom stereocenters. The predicted octanol–water partition coefficient (Wildman–Crippen LogP) is 0.760. The normalized spacial score (nSPS) is 16.1. The van der Waals surface area contributed by atoms with Gasteiger partial charge in [-0.2, -0.15) is 0 Å². The van der Waals surface area contributed by atoms with E-state index in [1.807, 2.05) is 6.07 Å². The molecule has 0 unspecified atom stereocenters. The predicted molar refractivity (Wildman–Crippen MR) is 98.9 cm³/mol. The summed E-state index contributed by atoms with van der Waals surface area (Å²) < 4.78 is 5.68. The van der Waals surface area contributed by atoms with Crippen molar-refractivity contribution in [2.24, 2.45) is 0 Å². The second kappa shape index (κ2) is 6.92. The number of aromatic amines is 1. The molecule has 3 aromatic rings. The van der Waals surface area contributed by atoms with Gasteiger partial charge < -0.3 is 19.4 Å². The number of hydrogen-bond donors (Lipinski definition) is 2. The molecule has 3 heterocycles. The van der Waals surface area contributed by atoms with Crippen LogP contribution in [0.5, 0.6) is 0 Å². The number of H-pyrrole nitrogens is 1. The van der Waals surface area contributed by atoms with Crippen molar-refractivity contribution in [3.8, 4) is 11.8 Å². The second-order valence-corrected chi connectivity index (χ2v) is 6.54. The molecule has 0 bridgehead atoms. The number of rotatable bonds is 2. The molecule has 0 aliphatic carbocycles. The molecular formula is C19H20N4O3. The Hall–Kier alpha value is -2.66. The van der Waals surface area contributed by atoms with Gasteiger partial charge in [-0.25, -0.2) is 4.98 Å². The van der Waals surface area contributed by atoms with Crippen molar-refractivity contribution in [3.05, 3.63) is 39.9 Å². The third kappa shape index (κ3) is 3.22. The number of likely N-dealkylation sites (N-methyl/N-ethyl adjacent to an activating group) is 1. The van der Waals surface area contributed by atoms with Crippen molar-refractivity contribution in [3.63, 3.8) is 0 Å². The Morgan fingerprint density at radius 1 is 1.31 bits per heavy atom. The zero-order chi connectivity index (χ0) is 18.1. The van der Waals surface area contributed by atoms with Gasteiger partial charge in [0.05, 0.1) is 6.54 Å². The van der Waals surface area contributed by atoms with Gasteiger partial charge in [0.25, 0.3) is 5.56 Å². The van der Waals surface area contributed by atoms with Gasteiger partial charge in [-0.15, -0.1) is 0 Å². The minimum absolute atomic E-state index is 0.197. The lowest BCUT2D eigenvalue weighted by atomic mass is 10.1. The molecule has 2 N–H and O–H groups in total. The van der Waals surface area contributed by atoms with E-state index in [0.717, 1.165) is 37.1 Å². The maximum Gasteiger partial charge on any atom is 0.294 e. The van der Waals surface area contributed by atoms with Crippen LogP contribution in [-0.4, -0.2) is 64.7 Å². The number of piperazine rings is 1. The summed E-state index contributed by atoms with van der Waals surface area (Å²) in [4.78, 5) is 24.5. The summed E-state index contributed by atoms with van der Waals surface area (Å²) >= 11 is 0. The third-order valence-electron chi connectivity index (χ3n) is 4.65. The monoisotopic (exact) mass is 352 g/mol. The van der Waals surface area contributed by atoms with Gasteiger partial charge in [-0.05, 0) is 25.2 Å². The summed E-state index contributed by atoms with van der Waals surface area (Å²) in [5.41, 5.74) is 1.87. The molecule has 1 aliphatic rings. The molecule has 4 rings (SSSR count). The summed E-state index contributed by atoms with van der Waals surface area (Å²) in [7, 11) is 2.11. The number of hydrogen-bond acceptors (Lipinski definition) is 6. The molecule has 7 nitrogen and oxygen atoms in total. The number of furan rings is 1. The molecule has 1 fully saturated rings. The van der Waals surface area contributed by atoms with Gasteiger partial charge in [-0.1, -0.05) is 11.8 Å². The lowest BCUT2D eigenvalue weighted by Crippen LogP contribution is -2.44. The quantitative estimate of drug-likeness (QED) is 0.663. The number of nitrogens with one attached hydrogen (secondary N) is 1. The fourth-order valence-corrected chi connectivity index (χ4v) is 3.21. The molecule has 1 aromatic carbocycles. The number of aliphatic hydroxyl groups is 1. The topological polar surface area (TPSA) is 85.6 Å². The molecule has 1 saturated heterocycles. The van der Waals surface area contributed by atoms with Crippen LogP contribution in [0.3, 0.4) is 0 Å². The molecule has 0 amide bonds. The Bertz CT molecular complexity index is 1070. The Kier molecular flexibility index (Phi) is 4.47. The smallest absolute Gasteiger partial charge is 0.294 e. The van der Waals surface area contributed by atoms with Crippen molar-refractivity contribution in [1.82, 2.24) is 19.8 Å². The Labute approximate surface area is 150 Å². The van der Waals surface area contributed by atoms with Gasteiger partial charge >= 0.3 is 0 Å². The lowest BCUT2D eigenvalue weighted by Gasteiger charge is -2.31. The average Bonchev–Trinajstić information content (AvgIpc) is 3.01.